The second kappa shape index (κ2) is 5.73. The van der Waals surface area contributed by atoms with Crippen molar-refractivity contribution in [3.05, 3.63) is 0 Å². The number of hydrogen-bond acceptors (Lipinski definition) is 2. The van der Waals surface area contributed by atoms with Gasteiger partial charge in [-0.05, 0) is 32.0 Å². The molecule has 0 aromatic carbocycles. The number of rotatable bonds is 6. The third kappa shape index (κ3) is 8.24. The zero-order valence-corrected chi connectivity index (χ0v) is 10.0. The predicted molar refractivity (Wildman–Crippen MR) is 55.0 cm³/mol. The van der Waals surface area contributed by atoms with Gasteiger partial charge >= 0.3 is 0 Å². The van der Waals surface area contributed by atoms with Gasteiger partial charge in [-0.3, -0.25) is 0 Å². The minimum atomic E-state index is -1.30. The van der Waals surface area contributed by atoms with Crippen molar-refractivity contribution < 1.29 is 9.16 Å². The summed E-state index contributed by atoms with van der Waals surface area (Å²) in [6.07, 6.45) is 1.10. The van der Waals surface area contributed by atoms with Crippen LogP contribution in [0.25, 0.3) is 0 Å². The molecule has 0 fully saturated rings. The first-order valence-corrected chi connectivity index (χ1v) is 7.99. The smallest absolute Gasteiger partial charge is 0.183 e. The van der Waals surface area contributed by atoms with E-state index in [0.29, 0.717) is 5.92 Å². The van der Waals surface area contributed by atoms with Crippen molar-refractivity contribution >= 4 is 8.32 Å². The predicted octanol–water partition coefficient (Wildman–Crippen LogP) is 2.51. The molecular weight excluding hydrogens is 168 g/mol. The van der Waals surface area contributed by atoms with Gasteiger partial charge in [0.25, 0.3) is 0 Å². The van der Waals surface area contributed by atoms with E-state index < -0.39 is 8.32 Å². The average molecular weight is 190 g/mol. The summed E-state index contributed by atoms with van der Waals surface area (Å²) in [5.41, 5.74) is 0. The van der Waals surface area contributed by atoms with Crippen molar-refractivity contribution in [2.45, 2.75) is 33.0 Å². The maximum Gasteiger partial charge on any atom is 0.183 e. The van der Waals surface area contributed by atoms with Gasteiger partial charge in [0.1, 0.15) is 0 Å². The largest absolute Gasteiger partial charge is 0.417 e. The zero-order chi connectivity index (χ0) is 9.61. The molecule has 0 N–H and O–H groups in total. The molecule has 0 aliphatic carbocycles. The van der Waals surface area contributed by atoms with Gasteiger partial charge in [0.05, 0.1) is 0 Å². The molecule has 0 aliphatic heterocycles. The summed E-state index contributed by atoms with van der Waals surface area (Å²) in [6, 6.07) is 0. The number of hydrogen-bond donors (Lipinski definition) is 0. The molecule has 0 aliphatic rings. The molecule has 1 unspecified atom stereocenters. The van der Waals surface area contributed by atoms with Crippen molar-refractivity contribution in [3.8, 4) is 0 Å². The van der Waals surface area contributed by atoms with Crippen molar-refractivity contribution in [2.75, 3.05) is 20.3 Å². The van der Waals surface area contributed by atoms with Crippen LogP contribution in [0.1, 0.15) is 13.3 Å². The fourth-order valence-corrected chi connectivity index (χ4v) is 1.58. The second-order valence-corrected chi connectivity index (χ2v) is 8.82. The highest BCUT2D eigenvalue weighted by Gasteiger charge is 2.15. The van der Waals surface area contributed by atoms with Gasteiger partial charge in [-0.25, -0.2) is 0 Å². The molecule has 3 heteroatoms. The van der Waals surface area contributed by atoms with Crippen molar-refractivity contribution in [3.63, 3.8) is 0 Å². The lowest BCUT2D eigenvalue weighted by molar-refractivity contribution is 0.159. The Labute approximate surface area is 77.4 Å². The molecule has 74 valence electrons. The summed E-state index contributed by atoms with van der Waals surface area (Å²) in [7, 11) is 0.442. The molecule has 1 atom stereocenters. The first-order chi connectivity index (χ1) is 5.45. The molecule has 0 aromatic rings. The monoisotopic (exact) mass is 190 g/mol. The van der Waals surface area contributed by atoms with Gasteiger partial charge < -0.3 is 9.16 Å². The van der Waals surface area contributed by atoms with Crippen LogP contribution >= 0.6 is 0 Å². The van der Waals surface area contributed by atoms with Gasteiger partial charge in [0.15, 0.2) is 8.32 Å². The standard InChI is InChI=1S/C9H22O2Si/c1-9(6-7-10-2)8-11-12(3,4)5/h9H,6-8H2,1-5H3. The molecular formula is C9H22O2Si. The van der Waals surface area contributed by atoms with E-state index in [1.54, 1.807) is 7.11 Å². The van der Waals surface area contributed by atoms with Gasteiger partial charge in [-0.2, -0.15) is 0 Å². The minimum absolute atomic E-state index is 0.622. The molecule has 0 aromatic heterocycles. The van der Waals surface area contributed by atoms with Gasteiger partial charge in [-0.15, -0.1) is 0 Å². The Morgan fingerprint density at radius 3 is 2.25 bits per heavy atom. The SMILES string of the molecule is COCCC(C)CO[Si](C)(C)C. The maximum absolute atomic E-state index is 5.77. The molecule has 0 radical (unpaired) electrons. The van der Waals surface area contributed by atoms with Crippen LogP contribution in [0.2, 0.25) is 19.6 Å². The summed E-state index contributed by atoms with van der Waals surface area (Å²) in [6.45, 7) is 10.6. The first-order valence-electron chi connectivity index (χ1n) is 4.58. The Kier molecular flexibility index (Phi) is 5.79. The Hall–Kier alpha value is 0.137. The van der Waals surface area contributed by atoms with Crippen LogP contribution in [0, 0.1) is 5.92 Å². The van der Waals surface area contributed by atoms with Crippen LogP contribution in [0.4, 0.5) is 0 Å². The highest BCUT2D eigenvalue weighted by molar-refractivity contribution is 6.69. The van der Waals surface area contributed by atoms with Crippen molar-refractivity contribution in [1.82, 2.24) is 0 Å². The summed E-state index contributed by atoms with van der Waals surface area (Å²) in [5, 5.41) is 0. The highest BCUT2D eigenvalue weighted by atomic mass is 28.4. The van der Waals surface area contributed by atoms with E-state index in [1.807, 2.05) is 0 Å². The molecule has 12 heavy (non-hydrogen) atoms. The van der Waals surface area contributed by atoms with E-state index in [0.717, 1.165) is 19.6 Å². The topological polar surface area (TPSA) is 18.5 Å². The van der Waals surface area contributed by atoms with E-state index >= 15 is 0 Å². The van der Waals surface area contributed by atoms with E-state index in [2.05, 4.69) is 26.6 Å². The van der Waals surface area contributed by atoms with Crippen LogP contribution in [0.15, 0.2) is 0 Å². The Bertz CT molecular complexity index is 110. The Morgan fingerprint density at radius 2 is 1.83 bits per heavy atom. The molecule has 0 spiro atoms. The van der Waals surface area contributed by atoms with Gasteiger partial charge in [0.2, 0.25) is 0 Å². The van der Waals surface area contributed by atoms with E-state index in [9.17, 15) is 0 Å². The lowest BCUT2D eigenvalue weighted by Gasteiger charge is -2.20. The summed E-state index contributed by atoms with van der Waals surface area (Å²) in [5.74, 6) is 0.622. The molecule has 0 bridgehead atoms. The van der Waals surface area contributed by atoms with E-state index in [1.165, 1.54) is 0 Å². The quantitative estimate of drug-likeness (QED) is 0.599. The lowest BCUT2D eigenvalue weighted by Crippen LogP contribution is -2.28. The summed E-state index contributed by atoms with van der Waals surface area (Å²) < 4.78 is 10.8. The normalized spacial score (nSPS) is 14.8. The van der Waals surface area contributed by atoms with Crippen molar-refractivity contribution in [1.29, 1.82) is 0 Å². The second-order valence-electron chi connectivity index (χ2n) is 4.31. The van der Waals surface area contributed by atoms with Crippen LogP contribution in [0.5, 0.6) is 0 Å². The van der Waals surface area contributed by atoms with Crippen molar-refractivity contribution in [2.24, 2.45) is 5.92 Å². The lowest BCUT2D eigenvalue weighted by atomic mass is 10.1. The number of ether oxygens (including phenoxy) is 1. The Morgan fingerprint density at radius 1 is 1.25 bits per heavy atom. The molecule has 0 saturated heterocycles. The van der Waals surface area contributed by atoms with Crippen LogP contribution in [-0.2, 0) is 9.16 Å². The first kappa shape index (κ1) is 12.1. The average Bonchev–Trinajstić information content (AvgIpc) is 1.95. The fourth-order valence-electron chi connectivity index (χ4n) is 0.795. The van der Waals surface area contributed by atoms with Crippen LogP contribution < -0.4 is 0 Å². The maximum atomic E-state index is 5.77. The Balaban J connectivity index is 3.37. The van der Waals surface area contributed by atoms with Crippen LogP contribution in [0.3, 0.4) is 0 Å². The third-order valence-electron chi connectivity index (χ3n) is 1.62. The highest BCUT2D eigenvalue weighted by Crippen LogP contribution is 2.08. The fraction of sp³-hybridized carbons (Fsp3) is 1.00. The molecule has 0 rings (SSSR count). The molecule has 0 amide bonds. The minimum Gasteiger partial charge on any atom is -0.417 e. The third-order valence-corrected chi connectivity index (χ3v) is 2.65. The molecule has 0 saturated carbocycles. The molecule has 2 nitrogen and oxygen atoms in total. The van der Waals surface area contributed by atoms with Crippen LogP contribution in [-0.4, -0.2) is 28.6 Å². The van der Waals surface area contributed by atoms with E-state index in [4.69, 9.17) is 9.16 Å². The van der Waals surface area contributed by atoms with E-state index in [-0.39, 0.29) is 0 Å². The number of methoxy groups -OCH3 is 1. The zero-order valence-electron chi connectivity index (χ0n) is 9.02. The van der Waals surface area contributed by atoms with Gasteiger partial charge in [0, 0.05) is 20.3 Å². The summed E-state index contributed by atoms with van der Waals surface area (Å²) in [4.78, 5) is 0. The molecule has 0 heterocycles. The van der Waals surface area contributed by atoms with Gasteiger partial charge in [-0.1, -0.05) is 6.92 Å². The summed E-state index contributed by atoms with van der Waals surface area (Å²) >= 11 is 0.